The van der Waals surface area contributed by atoms with E-state index in [9.17, 15) is 18.0 Å². The molecule has 0 spiro atoms. The fraction of sp³-hybridized carbons (Fsp3) is 0.208. The molecule has 2 N–H and O–H groups in total. The van der Waals surface area contributed by atoms with Gasteiger partial charge in [-0.05, 0) is 24.6 Å². The molecule has 1 aliphatic heterocycles. The number of alkyl halides is 3. The summed E-state index contributed by atoms with van der Waals surface area (Å²) in [5.41, 5.74) is 2.14. The Kier molecular flexibility index (Phi) is 5.35. The number of anilines is 2. The summed E-state index contributed by atoms with van der Waals surface area (Å²) in [5, 5.41) is 14.2. The van der Waals surface area contributed by atoms with E-state index in [1.54, 1.807) is 48.0 Å². The highest BCUT2D eigenvalue weighted by atomic mass is 19.4. The van der Waals surface area contributed by atoms with E-state index in [2.05, 4.69) is 20.8 Å². The van der Waals surface area contributed by atoms with Gasteiger partial charge in [-0.15, -0.1) is 0 Å². The minimum atomic E-state index is -4.52. The first-order chi connectivity index (χ1) is 16.3. The number of carbonyl (C=O) groups is 1. The lowest BCUT2D eigenvalue weighted by atomic mass is 9.96. The third kappa shape index (κ3) is 4.02. The molecule has 3 heterocycles. The SMILES string of the molecule is Cc1cc(NC(=O)c2cnn3c2NC(c2ccccc2)CC3C(F)(F)F)n(-c2ccccc2)n1. The standard InChI is InChI=1S/C24H21F3N6O/c1-15-12-21(32(31-15)17-10-6-3-7-11-17)30-23(34)18-14-28-33-20(24(25,26)27)13-19(29-22(18)33)16-8-4-2-5-9-16/h2-12,14,19-20,29H,13H2,1H3,(H,30,34). The first kappa shape index (κ1) is 21.7. The van der Waals surface area contributed by atoms with Gasteiger partial charge in [0.1, 0.15) is 17.2 Å². The third-order valence-electron chi connectivity index (χ3n) is 5.76. The predicted octanol–water partition coefficient (Wildman–Crippen LogP) is 5.29. The van der Waals surface area contributed by atoms with Gasteiger partial charge in [0.2, 0.25) is 0 Å². The molecule has 7 nitrogen and oxygen atoms in total. The van der Waals surface area contributed by atoms with Crippen molar-refractivity contribution in [3.63, 3.8) is 0 Å². The summed E-state index contributed by atoms with van der Waals surface area (Å²) in [7, 11) is 0. The van der Waals surface area contributed by atoms with Gasteiger partial charge in [-0.25, -0.2) is 9.36 Å². The van der Waals surface area contributed by atoms with E-state index < -0.39 is 24.2 Å². The van der Waals surface area contributed by atoms with E-state index in [0.29, 0.717) is 17.1 Å². The Morgan fingerprint density at radius 2 is 1.76 bits per heavy atom. The summed E-state index contributed by atoms with van der Waals surface area (Å²) < 4.78 is 44.2. The monoisotopic (exact) mass is 466 g/mol. The number of nitrogens with one attached hydrogen (secondary N) is 2. The molecule has 0 bridgehead atoms. The molecule has 5 rings (SSSR count). The zero-order valence-electron chi connectivity index (χ0n) is 18.1. The summed E-state index contributed by atoms with van der Waals surface area (Å²) in [6.45, 7) is 1.79. The van der Waals surface area contributed by atoms with Crippen LogP contribution in [0.5, 0.6) is 0 Å². The molecule has 0 saturated heterocycles. The molecular weight excluding hydrogens is 445 g/mol. The number of para-hydroxylation sites is 1. The molecule has 34 heavy (non-hydrogen) atoms. The van der Waals surface area contributed by atoms with Crippen LogP contribution in [0.1, 0.15) is 40.1 Å². The Hall–Kier alpha value is -4.08. The number of rotatable bonds is 4. The predicted molar refractivity (Wildman–Crippen MR) is 121 cm³/mol. The van der Waals surface area contributed by atoms with Gasteiger partial charge in [-0.3, -0.25) is 4.79 Å². The zero-order valence-corrected chi connectivity index (χ0v) is 18.1. The highest BCUT2D eigenvalue weighted by Gasteiger charge is 2.47. The second kappa shape index (κ2) is 8.36. The summed E-state index contributed by atoms with van der Waals surface area (Å²) >= 11 is 0. The number of fused-ring (bicyclic) bond motifs is 1. The van der Waals surface area contributed by atoms with Crippen molar-refractivity contribution < 1.29 is 18.0 Å². The van der Waals surface area contributed by atoms with E-state index >= 15 is 0 Å². The lowest BCUT2D eigenvalue weighted by molar-refractivity contribution is -0.173. The van der Waals surface area contributed by atoms with Crippen molar-refractivity contribution in [1.82, 2.24) is 19.6 Å². The maximum absolute atomic E-state index is 13.9. The average molecular weight is 466 g/mol. The number of halogens is 3. The van der Waals surface area contributed by atoms with E-state index in [1.165, 1.54) is 6.20 Å². The number of aryl methyl sites for hydroxylation is 1. The fourth-order valence-electron chi connectivity index (χ4n) is 4.17. The minimum Gasteiger partial charge on any atom is -0.363 e. The Morgan fingerprint density at radius 3 is 2.44 bits per heavy atom. The molecule has 0 saturated carbocycles. The van der Waals surface area contributed by atoms with Crippen molar-refractivity contribution in [2.24, 2.45) is 0 Å². The van der Waals surface area contributed by atoms with Crippen molar-refractivity contribution in [1.29, 1.82) is 0 Å². The minimum absolute atomic E-state index is 0.0216. The van der Waals surface area contributed by atoms with Crippen molar-refractivity contribution in [2.75, 3.05) is 10.6 Å². The Bertz CT molecular complexity index is 1310. The molecule has 1 amide bonds. The lowest BCUT2D eigenvalue weighted by Gasteiger charge is -2.34. The maximum Gasteiger partial charge on any atom is 0.410 e. The highest BCUT2D eigenvalue weighted by molar-refractivity contribution is 6.07. The molecule has 0 aliphatic carbocycles. The number of hydrogen-bond donors (Lipinski definition) is 2. The largest absolute Gasteiger partial charge is 0.410 e. The summed E-state index contributed by atoms with van der Waals surface area (Å²) in [4.78, 5) is 13.2. The van der Waals surface area contributed by atoms with Gasteiger partial charge < -0.3 is 10.6 Å². The van der Waals surface area contributed by atoms with Crippen LogP contribution in [0.2, 0.25) is 0 Å². The van der Waals surface area contributed by atoms with Crippen LogP contribution in [-0.2, 0) is 0 Å². The van der Waals surface area contributed by atoms with Crippen molar-refractivity contribution in [3.05, 3.63) is 89.7 Å². The second-order valence-corrected chi connectivity index (χ2v) is 8.12. The number of amides is 1. The summed E-state index contributed by atoms with van der Waals surface area (Å²) in [5.74, 6) is -0.153. The molecule has 0 radical (unpaired) electrons. The summed E-state index contributed by atoms with van der Waals surface area (Å²) in [6, 6.07) is 17.3. The molecule has 1 aliphatic rings. The van der Waals surface area contributed by atoms with E-state index in [1.807, 2.05) is 30.3 Å². The van der Waals surface area contributed by atoms with Crippen LogP contribution in [0.4, 0.5) is 24.8 Å². The average Bonchev–Trinajstić information content (AvgIpc) is 3.42. The van der Waals surface area contributed by atoms with Gasteiger partial charge >= 0.3 is 6.18 Å². The normalized spacial score (nSPS) is 17.6. The third-order valence-corrected chi connectivity index (χ3v) is 5.76. The number of benzene rings is 2. The van der Waals surface area contributed by atoms with Gasteiger partial charge in [0, 0.05) is 12.5 Å². The second-order valence-electron chi connectivity index (χ2n) is 8.12. The van der Waals surface area contributed by atoms with Gasteiger partial charge in [0.05, 0.1) is 23.6 Å². The zero-order chi connectivity index (χ0) is 23.9. The lowest BCUT2D eigenvalue weighted by Crippen LogP contribution is -2.36. The smallest absolute Gasteiger partial charge is 0.363 e. The van der Waals surface area contributed by atoms with Gasteiger partial charge in [0.25, 0.3) is 5.91 Å². The van der Waals surface area contributed by atoms with Crippen molar-refractivity contribution >= 4 is 17.5 Å². The maximum atomic E-state index is 13.9. The highest BCUT2D eigenvalue weighted by Crippen LogP contribution is 2.44. The molecule has 2 atom stereocenters. The topological polar surface area (TPSA) is 76.8 Å². The van der Waals surface area contributed by atoms with Gasteiger partial charge in [-0.2, -0.15) is 23.4 Å². The first-order valence-electron chi connectivity index (χ1n) is 10.7. The molecule has 0 fully saturated rings. The Morgan fingerprint density at radius 1 is 1.09 bits per heavy atom. The fourth-order valence-corrected chi connectivity index (χ4v) is 4.17. The van der Waals surface area contributed by atoms with Crippen molar-refractivity contribution in [3.8, 4) is 5.69 Å². The Labute approximate surface area is 193 Å². The van der Waals surface area contributed by atoms with Gasteiger partial charge in [-0.1, -0.05) is 48.5 Å². The first-order valence-corrected chi connectivity index (χ1v) is 10.7. The van der Waals surface area contributed by atoms with Crippen LogP contribution in [0, 0.1) is 6.92 Å². The number of carbonyl (C=O) groups excluding carboxylic acids is 1. The molecule has 2 aromatic carbocycles. The quantitative estimate of drug-likeness (QED) is 0.429. The van der Waals surface area contributed by atoms with E-state index in [0.717, 1.165) is 10.4 Å². The molecule has 2 unspecified atom stereocenters. The number of nitrogens with zero attached hydrogens (tertiary/aromatic N) is 4. The van der Waals surface area contributed by atoms with E-state index in [-0.39, 0.29) is 17.8 Å². The van der Waals surface area contributed by atoms with Crippen LogP contribution in [0.25, 0.3) is 5.69 Å². The van der Waals surface area contributed by atoms with Crippen LogP contribution >= 0.6 is 0 Å². The van der Waals surface area contributed by atoms with E-state index in [4.69, 9.17) is 0 Å². The van der Waals surface area contributed by atoms with Gasteiger partial charge in [0.15, 0.2) is 6.04 Å². The van der Waals surface area contributed by atoms with Crippen LogP contribution in [-0.4, -0.2) is 31.6 Å². The molecule has 174 valence electrons. The van der Waals surface area contributed by atoms with Crippen LogP contribution in [0.3, 0.4) is 0 Å². The molecule has 4 aromatic rings. The van der Waals surface area contributed by atoms with Crippen LogP contribution < -0.4 is 10.6 Å². The Balaban J connectivity index is 1.49. The van der Waals surface area contributed by atoms with Crippen LogP contribution in [0.15, 0.2) is 72.9 Å². The van der Waals surface area contributed by atoms with Crippen molar-refractivity contribution in [2.45, 2.75) is 31.6 Å². The molecular formula is C24H21F3N6O. The molecule has 2 aromatic heterocycles. The number of hydrogen-bond acceptors (Lipinski definition) is 4. The molecule has 10 heteroatoms. The summed E-state index contributed by atoms with van der Waals surface area (Å²) in [6.07, 6.45) is -3.59. The number of aromatic nitrogens is 4.